The second-order valence-corrected chi connectivity index (χ2v) is 6.09. The summed E-state index contributed by atoms with van der Waals surface area (Å²) in [6, 6.07) is 20.9. The van der Waals surface area contributed by atoms with Gasteiger partial charge in [0.25, 0.3) is 0 Å². The molecule has 3 aromatic carbocycles. The number of aromatic nitrogens is 1. The van der Waals surface area contributed by atoms with E-state index in [1.165, 1.54) is 34.2 Å². The van der Waals surface area contributed by atoms with Crippen LogP contribution in [0.4, 0.5) is 15.2 Å². The van der Waals surface area contributed by atoms with Crippen molar-refractivity contribution in [2.45, 2.75) is 0 Å². The Balaban J connectivity index is 1.62. The molecular weight excluding hydrogens is 307 g/mol. The lowest BCUT2D eigenvalue weighted by Gasteiger charge is -2.02. The normalized spacial score (nSPS) is 10.8. The van der Waals surface area contributed by atoms with E-state index >= 15 is 0 Å². The molecule has 4 aromatic rings. The molecule has 0 bridgehead atoms. The van der Waals surface area contributed by atoms with Crippen LogP contribution in [0.1, 0.15) is 0 Å². The van der Waals surface area contributed by atoms with E-state index in [9.17, 15) is 4.39 Å². The monoisotopic (exact) mass is 320 g/mol. The van der Waals surface area contributed by atoms with Crippen LogP contribution in [0.25, 0.3) is 22.0 Å². The molecule has 1 aromatic heterocycles. The van der Waals surface area contributed by atoms with E-state index < -0.39 is 0 Å². The van der Waals surface area contributed by atoms with Gasteiger partial charge in [0.05, 0.1) is 5.69 Å². The third-order valence-electron chi connectivity index (χ3n) is 3.64. The molecule has 2 nitrogen and oxygen atoms in total. The van der Waals surface area contributed by atoms with Gasteiger partial charge in [-0.1, -0.05) is 36.4 Å². The van der Waals surface area contributed by atoms with Crippen molar-refractivity contribution in [3.63, 3.8) is 0 Å². The molecule has 0 spiro atoms. The Labute approximate surface area is 137 Å². The number of benzene rings is 3. The van der Waals surface area contributed by atoms with Crippen LogP contribution < -0.4 is 5.32 Å². The summed E-state index contributed by atoms with van der Waals surface area (Å²) in [6.07, 6.45) is 0. The highest BCUT2D eigenvalue weighted by molar-refractivity contribution is 7.14. The lowest BCUT2D eigenvalue weighted by Crippen LogP contribution is -1.89. The highest BCUT2D eigenvalue weighted by atomic mass is 32.1. The van der Waals surface area contributed by atoms with Crippen molar-refractivity contribution in [1.29, 1.82) is 0 Å². The number of hydrogen-bond donors (Lipinski definition) is 1. The Kier molecular flexibility index (Phi) is 3.52. The highest BCUT2D eigenvalue weighted by Gasteiger charge is 2.06. The molecule has 0 atom stereocenters. The van der Waals surface area contributed by atoms with Crippen LogP contribution in [0.15, 0.2) is 72.1 Å². The molecule has 23 heavy (non-hydrogen) atoms. The SMILES string of the molecule is Fc1ccc(Nc2nc(-c3ccc4ccccc4c3)cs2)cc1. The maximum Gasteiger partial charge on any atom is 0.187 e. The average Bonchev–Trinajstić information content (AvgIpc) is 3.05. The summed E-state index contributed by atoms with van der Waals surface area (Å²) < 4.78 is 12.9. The second kappa shape index (κ2) is 5.82. The lowest BCUT2D eigenvalue weighted by atomic mass is 10.1. The molecule has 0 saturated carbocycles. The number of thiazole rings is 1. The third kappa shape index (κ3) is 2.94. The van der Waals surface area contributed by atoms with E-state index in [2.05, 4.69) is 40.6 Å². The van der Waals surface area contributed by atoms with Crippen molar-refractivity contribution >= 4 is 32.9 Å². The van der Waals surface area contributed by atoms with E-state index in [1.54, 1.807) is 12.1 Å². The first-order valence-electron chi connectivity index (χ1n) is 7.25. The molecule has 0 amide bonds. The van der Waals surface area contributed by atoms with Crippen molar-refractivity contribution in [2.75, 3.05) is 5.32 Å². The summed E-state index contributed by atoms with van der Waals surface area (Å²) in [5.41, 5.74) is 2.85. The van der Waals surface area contributed by atoms with Gasteiger partial charge in [-0.15, -0.1) is 11.3 Å². The minimum absolute atomic E-state index is 0.244. The van der Waals surface area contributed by atoms with Crippen LogP contribution in [-0.4, -0.2) is 4.98 Å². The predicted octanol–water partition coefficient (Wildman–Crippen LogP) is 5.85. The van der Waals surface area contributed by atoms with E-state index in [0.717, 1.165) is 22.1 Å². The summed E-state index contributed by atoms with van der Waals surface area (Å²) in [5.74, 6) is -0.244. The third-order valence-corrected chi connectivity index (χ3v) is 4.40. The number of rotatable bonds is 3. The Bertz CT molecular complexity index is 960. The van der Waals surface area contributed by atoms with Gasteiger partial charge >= 0.3 is 0 Å². The molecule has 0 unspecified atom stereocenters. The number of hydrogen-bond acceptors (Lipinski definition) is 3. The fraction of sp³-hybridized carbons (Fsp3) is 0. The zero-order chi connectivity index (χ0) is 15.6. The molecule has 0 aliphatic rings. The van der Waals surface area contributed by atoms with Crippen molar-refractivity contribution in [3.8, 4) is 11.3 Å². The van der Waals surface area contributed by atoms with Crippen LogP contribution in [0.3, 0.4) is 0 Å². The predicted molar refractivity (Wildman–Crippen MR) is 94.7 cm³/mol. The Morgan fingerprint density at radius 1 is 0.870 bits per heavy atom. The molecule has 4 rings (SSSR count). The standard InChI is InChI=1S/C19H13FN2S/c20-16-7-9-17(10-8-16)21-19-22-18(12-23-19)15-6-5-13-3-1-2-4-14(13)11-15/h1-12H,(H,21,22). The Morgan fingerprint density at radius 3 is 2.48 bits per heavy atom. The average molecular weight is 320 g/mol. The van der Waals surface area contributed by atoms with Crippen molar-refractivity contribution < 1.29 is 4.39 Å². The lowest BCUT2D eigenvalue weighted by molar-refractivity contribution is 0.628. The smallest absolute Gasteiger partial charge is 0.187 e. The second-order valence-electron chi connectivity index (χ2n) is 5.23. The minimum Gasteiger partial charge on any atom is -0.332 e. The minimum atomic E-state index is -0.244. The zero-order valence-electron chi connectivity index (χ0n) is 12.2. The van der Waals surface area contributed by atoms with Crippen LogP contribution in [0, 0.1) is 5.82 Å². The summed E-state index contributed by atoms with van der Waals surface area (Å²) in [7, 11) is 0. The molecule has 0 saturated heterocycles. The number of halogens is 1. The van der Waals surface area contributed by atoms with Crippen molar-refractivity contribution in [3.05, 3.63) is 77.9 Å². The molecule has 1 heterocycles. The largest absolute Gasteiger partial charge is 0.332 e. The van der Waals surface area contributed by atoms with Crippen molar-refractivity contribution in [1.82, 2.24) is 4.98 Å². The van der Waals surface area contributed by atoms with E-state index in [-0.39, 0.29) is 5.82 Å². The quantitative estimate of drug-likeness (QED) is 0.512. The summed E-state index contributed by atoms with van der Waals surface area (Å²) in [6.45, 7) is 0. The Morgan fingerprint density at radius 2 is 1.65 bits per heavy atom. The highest BCUT2D eigenvalue weighted by Crippen LogP contribution is 2.29. The van der Waals surface area contributed by atoms with Gasteiger partial charge in [0.1, 0.15) is 5.82 Å². The van der Waals surface area contributed by atoms with Gasteiger partial charge < -0.3 is 5.32 Å². The van der Waals surface area contributed by atoms with Gasteiger partial charge in [0.2, 0.25) is 0 Å². The van der Waals surface area contributed by atoms with E-state index in [4.69, 9.17) is 0 Å². The van der Waals surface area contributed by atoms with E-state index in [0.29, 0.717) is 0 Å². The number of nitrogens with one attached hydrogen (secondary N) is 1. The van der Waals surface area contributed by atoms with Crippen LogP contribution in [0.5, 0.6) is 0 Å². The molecule has 0 aliphatic heterocycles. The summed E-state index contributed by atoms with van der Waals surface area (Å²) >= 11 is 1.53. The first kappa shape index (κ1) is 13.9. The molecule has 0 aliphatic carbocycles. The topological polar surface area (TPSA) is 24.9 Å². The van der Waals surface area contributed by atoms with Gasteiger partial charge in [-0.25, -0.2) is 9.37 Å². The summed E-state index contributed by atoms with van der Waals surface area (Å²) in [5, 5.41) is 8.43. The Hall–Kier alpha value is -2.72. The van der Waals surface area contributed by atoms with Gasteiger partial charge in [0.15, 0.2) is 5.13 Å². The first-order valence-corrected chi connectivity index (χ1v) is 8.13. The summed E-state index contributed by atoms with van der Waals surface area (Å²) in [4.78, 5) is 4.62. The fourth-order valence-corrected chi connectivity index (χ4v) is 3.21. The molecule has 0 fully saturated rings. The van der Waals surface area contributed by atoms with Gasteiger partial charge in [-0.05, 0) is 41.1 Å². The van der Waals surface area contributed by atoms with Crippen LogP contribution >= 0.6 is 11.3 Å². The molecule has 112 valence electrons. The maximum atomic E-state index is 12.9. The van der Waals surface area contributed by atoms with Crippen LogP contribution in [0.2, 0.25) is 0 Å². The number of fused-ring (bicyclic) bond motifs is 1. The van der Waals surface area contributed by atoms with Crippen molar-refractivity contribution in [2.24, 2.45) is 0 Å². The van der Waals surface area contributed by atoms with Gasteiger partial charge in [-0.3, -0.25) is 0 Å². The van der Waals surface area contributed by atoms with Crippen LogP contribution in [-0.2, 0) is 0 Å². The zero-order valence-corrected chi connectivity index (χ0v) is 13.0. The maximum absolute atomic E-state index is 12.9. The molecule has 1 N–H and O–H groups in total. The van der Waals surface area contributed by atoms with Gasteiger partial charge in [-0.2, -0.15) is 0 Å². The molecule has 0 radical (unpaired) electrons. The number of nitrogens with zero attached hydrogens (tertiary/aromatic N) is 1. The fourth-order valence-electron chi connectivity index (χ4n) is 2.47. The first-order chi connectivity index (χ1) is 11.3. The van der Waals surface area contributed by atoms with Gasteiger partial charge in [0, 0.05) is 16.6 Å². The molecular formula is C19H13FN2S. The molecule has 4 heteroatoms. The van der Waals surface area contributed by atoms with E-state index in [1.807, 2.05) is 17.5 Å². The number of anilines is 2.